The fourth-order valence-electron chi connectivity index (χ4n) is 8.97. The Morgan fingerprint density at radius 2 is 0.879 bits per heavy atom. The molecule has 0 aliphatic heterocycles. The minimum absolute atomic E-state index is 0.0501. The molecule has 0 fully saturated rings. The van der Waals surface area contributed by atoms with Crippen LogP contribution in [0.5, 0.6) is 0 Å². The molecule has 0 N–H and O–H groups in total. The molecule has 0 bridgehead atoms. The summed E-state index contributed by atoms with van der Waals surface area (Å²) in [7, 11) is 0. The number of fused-ring (bicyclic) bond motifs is 6. The quantitative estimate of drug-likeness (QED) is 0.170. The molecule has 0 saturated carbocycles. The fraction of sp³-hybridized carbons (Fsp3) is 0.0556. The Hall–Kier alpha value is -7.43. The first-order chi connectivity index (χ1) is 28.5. The fourth-order valence-corrected chi connectivity index (χ4v) is 8.97. The zero-order valence-electron chi connectivity index (χ0n) is 32.3. The number of para-hydroxylation sites is 1. The lowest BCUT2D eigenvalue weighted by Crippen LogP contribution is -2.14. The Balaban J connectivity index is 1.02. The molecule has 2 heterocycles. The molecule has 0 saturated heterocycles. The third kappa shape index (κ3) is 5.48. The van der Waals surface area contributed by atoms with E-state index in [9.17, 15) is 0 Å². The molecule has 11 rings (SSSR count). The molecule has 0 amide bonds. The number of aromatic nitrogens is 4. The van der Waals surface area contributed by atoms with Gasteiger partial charge in [-0.2, -0.15) is 0 Å². The first-order valence-corrected chi connectivity index (χ1v) is 19.9. The van der Waals surface area contributed by atoms with Crippen molar-refractivity contribution in [3.63, 3.8) is 0 Å². The van der Waals surface area contributed by atoms with E-state index in [1.165, 1.54) is 55.2 Å². The summed E-state index contributed by atoms with van der Waals surface area (Å²) in [5.74, 6) is 1.95. The van der Waals surface area contributed by atoms with Crippen molar-refractivity contribution in [3.05, 3.63) is 205 Å². The minimum atomic E-state index is -0.0501. The monoisotopic (exact) mass is 742 g/mol. The zero-order chi connectivity index (χ0) is 38.8. The zero-order valence-corrected chi connectivity index (χ0v) is 32.3. The summed E-state index contributed by atoms with van der Waals surface area (Å²) in [5, 5.41) is 2.46. The third-order valence-corrected chi connectivity index (χ3v) is 11.9. The first-order valence-electron chi connectivity index (χ1n) is 19.9. The van der Waals surface area contributed by atoms with Gasteiger partial charge >= 0.3 is 0 Å². The number of nitrogens with zero attached hydrogens (tertiary/aromatic N) is 4. The smallest absolute Gasteiger partial charge is 0.164 e. The van der Waals surface area contributed by atoms with E-state index in [1.54, 1.807) is 0 Å². The van der Waals surface area contributed by atoms with Crippen molar-refractivity contribution in [2.24, 2.45) is 0 Å². The highest BCUT2D eigenvalue weighted by Gasteiger charge is 2.36. The van der Waals surface area contributed by atoms with Crippen LogP contribution in [-0.4, -0.2) is 19.5 Å². The van der Waals surface area contributed by atoms with Gasteiger partial charge in [0, 0.05) is 38.6 Å². The topological polar surface area (TPSA) is 43.6 Å². The van der Waals surface area contributed by atoms with Gasteiger partial charge in [0.25, 0.3) is 0 Å². The Morgan fingerprint density at radius 3 is 1.55 bits per heavy atom. The Bertz CT molecular complexity index is 3110. The minimum Gasteiger partial charge on any atom is -0.309 e. The van der Waals surface area contributed by atoms with Crippen LogP contribution in [-0.2, 0) is 5.41 Å². The van der Waals surface area contributed by atoms with Crippen LogP contribution in [0.15, 0.2) is 194 Å². The van der Waals surface area contributed by atoms with E-state index in [2.05, 4.69) is 152 Å². The molecule has 58 heavy (non-hydrogen) atoms. The predicted molar refractivity (Wildman–Crippen MR) is 239 cm³/mol. The number of benzene rings is 8. The van der Waals surface area contributed by atoms with Gasteiger partial charge in [0.15, 0.2) is 17.5 Å². The lowest BCUT2D eigenvalue weighted by molar-refractivity contribution is 0.660. The molecular weight excluding hydrogens is 705 g/mol. The van der Waals surface area contributed by atoms with E-state index in [-0.39, 0.29) is 5.41 Å². The second-order valence-electron chi connectivity index (χ2n) is 15.6. The van der Waals surface area contributed by atoms with Gasteiger partial charge in [-0.3, -0.25) is 0 Å². The standard InChI is InChI=1S/C54H38N4/c1-54(2)46-23-13-12-21-44(46)50-42(22-14-24-47(50)54)40-30-32-48-45(33-40)43-31-29-39(34-49(43)58(48)41-19-10-5-11-20-41)35-25-27-38(28-26-35)53-56-51(36-15-6-3-7-16-36)55-52(57-53)37-17-8-4-9-18-37/h3-34H,1-2H3. The molecule has 8 aromatic carbocycles. The van der Waals surface area contributed by atoms with Crippen LogP contribution < -0.4 is 0 Å². The number of hydrogen-bond donors (Lipinski definition) is 0. The van der Waals surface area contributed by atoms with Crippen LogP contribution >= 0.6 is 0 Å². The normalized spacial score (nSPS) is 12.8. The van der Waals surface area contributed by atoms with Crippen LogP contribution in [0.25, 0.3) is 95.0 Å². The summed E-state index contributed by atoms with van der Waals surface area (Å²) in [6, 6.07) is 69.1. The number of rotatable bonds is 6. The molecule has 4 heteroatoms. The lowest BCUT2D eigenvalue weighted by atomic mass is 9.82. The average Bonchev–Trinajstić information content (AvgIpc) is 3.74. The van der Waals surface area contributed by atoms with Crippen molar-refractivity contribution in [3.8, 4) is 73.2 Å². The van der Waals surface area contributed by atoms with Gasteiger partial charge in [-0.15, -0.1) is 0 Å². The molecule has 1 aliphatic rings. The SMILES string of the molecule is CC1(C)c2ccccc2-c2c(-c3ccc4c(c3)c3ccc(-c5ccc(-c6nc(-c7ccccc7)nc(-c7ccccc7)n6)cc5)cc3n4-c3ccccc3)cccc21. The maximum Gasteiger partial charge on any atom is 0.164 e. The van der Waals surface area contributed by atoms with Gasteiger partial charge in [0.2, 0.25) is 0 Å². The van der Waals surface area contributed by atoms with Gasteiger partial charge in [0.1, 0.15) is 0 Å². The summed E-state index contributed by atoms with van der Waals surface area (Å²) >= 11 is 0. The molecule has 0 unspecified atom stereocenters. The van der Waals surface area contributed by atoms with Crippen LogP contribution in [0.4, 0.5) is 0 Å². The maximum atomic E-state index is 4.95. The van der Waals surface area contributed by atoms with E-state index in [0.29, 0.717) is 17.5 Å². The number of hydrogen-bond acceptors (Lipinski definition) is 3. The molecule has 10 aromatic rings. The Labute approximate surface area is 337 Å². The Morgan fingerprint density at radius 1 is 0.362 bits per heavy atom. The van der Waals surface area contributed by atoms with Gasteiger partial charge in [0.05, 0.1) is 11.0 Å². The van der Waals surface area contributed by atoms with Gasteiger partial charge in [-0.1, -0.05) is 178 Å². The molecule has 4 nitrogen and oxygen atoms in total. The van der Waals surface area contributed by atoms with Crippen LogP contribution in [0.3, 0.4) is 0 Å². The Kier molecular flexibility index (Phi) is 7.80. The molecule has 2 aromatic heterocycles. The third-order valence-electron chi connectivity index (χ3n) is 11.9. The summed E-state index contributed by atoms with van der Waals surface area (Å²) < 4.78 is 2.40. The second kappa shape index (κ2) is 13.4. The van der Waals surface area contributed by atoms with Crippen molar-refractivity contribution in [2.45, 2.75) is 19.3 Å². The van der Waals surface area contributed by atoms with Crippen molar-refractivity contribution >= 4 is 21.8 Å². The van der Waals surface area contributed by atoms with Crippen molar-refractivity contribution in [1.82, 2.24) is 19.5 Å². The molecular formula is C54H38N4. The van der Waals surface area contributed by atoms with E-state index in [0.717, 1.165) is 33.5 Å². The maximum absolute atomic E-state index is 4.95. The van der Waals surface area contributed by atoms with Crippen molar-refractivity contribution < 1.29 is 0 Å². The summed E-state index contributed by atoms with van der Waals surface area (Å²) in [5.41, 5.74) is 16.5. The van der Waals surface area contributed by atoms with Gasteiger partial charge in [-0.05, 0) is 74.8 Å². The molecule has 274 valence electrons. The van der Waals surface area contributed by atoms with Gasteiger partial charge in [-0.25, -0.2) is 15.0 Å². The highest BCUT2D eigenvalue weighted by Crippen LogP contribution is 2.52. The van der Waals surface area contributed by atoms with Crippen LogP contribution in [0, 0.1) is 0 Å². The highest BCUT2D eigenvalue weighted by atomic mass is 15.0. The van der Waals surface area contributed by atoms with Crippen molar-refractivity contribution in [1.29, 1.82) is 0 Å². The summed E-state index contributed by atoms with van der Waals surface area (Å²) in [6.45, 7) is 4.69. The van der Waals surface area contributed by atoms with E-state index in [4.69, 9.17) is 15.0 Å². The van der Waals surface area contributed by atoms with Crippen LogP contribution in [0.1, 0.15) is 25.0 Å². The summed E-state index contributed by atoms with van der Waals surface area (Å²) in [6.07, 6.45) is 0. The molecule has 0 atom stereocenters. The van der Waals surface area contributed by atoms with Crippen LogP contribution in [0.2, 0.25) is 0 Å². The van der Waals surface area contributed by atoms with Gasteiger partial charge < -0.3 is 4.57 Å². The molecule has 0 radical (unpaired) electrons. The molecule has 0 spiro atoms. The van der Waals surface area contributed by atoms with E-state index >= 15 is 0 Å². The summed E-state index contributed by atoms with van der Waals surface area (Å²) in [4.78, 5) is 14.8. The first kappa shape index (κ1) is 33.9. The van der Waals surface area contributed by atoms with E-state index < -0.39 is 0 Å². The highest BCUT2D eigenvalue weighted by molar-refractivity contribution is 6.12. The predicted octanol–water partition coefficient (Wildman–Crippen LogP) is 13.6. The average molecular weight is 743 g/mol. The van der Waals surface area contributed by atoms with E-state index in [1.807, 2.05) is 60.7 Å². The lowest BCUT2D eigenvalue weighted by Gasteiger charge is -2.21. The second-order valence-corrected chi connectivity index (χ2v) is 15.6. The largest absolute Gasteiger partial charge is 0.309 e. The van der Waals surface area contributed by atoms with Crippen molar-refractivity contribution in [2.75, 3.05) is 0 Å². The molecule has 1 aliphatic carbocycles.